The molecular weight excluding hydrogens is 400 g/mol. The van der Waals surface area contributed by atoms with E-state index in [1.54, 1.807) is 0 Å². The van der Waals surface area contributed by atoms with Gasteiger partial charge in [0.2, 0.25) is 0 Å². The zero-order valence-corrected chi connectivity index (χ0v) is 19.4. The van der Waals surface area contributed by atoms with Crippen LogP contribution in [0.3, 0.4) is 0 Å². The molecule has 0 saturated heterocycles. The molecule has 1 aromatic heterocycles. The number of aromatic nitrogens is 1. The summed E-state index contributed by atoms with van der Waals surface area (Å²) in [5, 5.41) is 4.10. The van der Waals surface area contributed by atoms with Gasteiger partial charge in [-0.1, -0.05) is 38.5 Å². The largest absolute Gasteiger partial charge is 0.467 e. The van der Waals surface area contributed by atoms with Gasteiger partial charge in [-0.05, 0) is 85.3 Å². The first-order valence-electron chi connectivity index (χ1n) is 12.2. The molecule has 1 heterocycles. The molecule has 1 amide bonds. The number of ether oxygens (including phenoxy) is 1. The van der Waals surface area contributed by atoms with Gasteiger partial charge in [0.25, 0.3) is 5.91 Å². The molecule has 6 rings (SSSR count). The van der Waals surface area contributed by atoms with Gasteiger partial charge in [0.15, 0.2) is 0 Å². The number of para-hydroxylation sites is 1. The number of benzene rings is 1. The van der Waals surface area contributed by atoms with E-state index < -0.39 is 12.0 Å². The Balaban J connectivity index is 1.54. The van der Waals surface area contributed by atoms with E-state index >= 15 is 0 Å². The lowest BCUT2D eigenvalue weighted by Crippen LogP contribution is -2.49. The molecule has 4 saturated carbocycles. The van der Waals surface area contributed by atoms with Gasteiger partial charge in [0.1, 0.15) is 11.7 Å². The first kappa shape index (κ1) is 21.4. The van der Waals surface area contributed by atoms with Crippen molar-refractivity contribution in [1.29, 1.82) is 0 Å². The Bertz CT molecular complexity index is 1010. The Labute approximate surface area is 190 Å². The second-order valence-electron chi connectivity index (χ2n) is 10.6. The minimum atomic E-state index is -0.672. The number of nitrogens with one attached hydrogen (secondary N) is 1. The van der Waals surface area contributed by atoms with Gasteiger partial charge < -0.3 is 10.1 Å². The van der Waals surface area contributed by atoms with E-state index in [1.807, 2.05) is 32.0 Å². The lowest BCUT2D eigenvalue weighted by molar-refractivity contribution is -0.144. The van der Waals surface area contributed by atoms with Gasteiger partial charge >= 0.3 is 5.97 Å². The summed E-state index contributed by atoms with van der Waals surface area (Å²) in [5.41, 5.74) is 2.73. The molecule has 32 heavy (non-hydrogen) atoms. The molecular formula is C27H34N2O3. The van der Waals surface area contributed by atoms with Gasteiger partial charge in [-0.15, -0.1) is 0 Å². The van der Waals surface area contributed by atoms with Crippen LogP contribution in [0.25, 0.3) is 10.9 Å². The normalized spacial score (nSPS) is 30.2. The smallest absolute Gasteiger partial charge is 0.328 e. The van der Waals surface area contributed by atoms with E-state index in [1.165, 1.54) is 56.6 Å². The number of esters is 1. The second-order valence-corrected chi connectivity index (χ2v) is 10.6. The van der Waals surface area contributed by atoms with Crippen molar-refractivity contribution in [3.63, 3.8) is 0 Å². The Kier molecular flexibility index (Phi) is 5.47. The average molecular weight is 435 g/mol. The van der Waals surface area contributed by atoms with Crippen LogP contribution < -0.4 is 5.32 Å². The van der Waals surface area contributed by atoms with Crippen LogP contribution in [0.1, 0.15) is 74.8 Å². The van der Waals surface area contributed by atoms with Crippen LogP contribution in [-0.2, 0) is 14.9 Å². The van der Waals surface area contributed by atoms with Crippen molar-refractivity contribution < 1.29 is 14.3 Å². The molecule has 1 unspecified atom stereocenters. The summed E-state index contributed by atoms with van der Waals surface area (Å²) < 4.78 is 4.96. The van der Waals surface area contributed by atoms with Gasteiger partial charge in [-0.3, -0.25) is 4.79 Å². The maximum Gasteiger partial charge on any atom is 0.328 e. The first-order chi connectivity index (χ1) is 15.4. The molecule has 2 atom stereocenters. The van der Waals surface area contributed by atoms with E-state index in [9.17, 15) is 9.59 Å². The minimum absolute atomic E-state index is 0.0190. The number of methoxy groups -OCH3 is 1. The van der Waals surface area contributed by atoms with Gasteiger partial charge in [0, 0.05) is 5.39 Å². The van der Waals surface area contributed by atoms with E-state index in [0.717, 1.165) is 29.7 Å². The van der Waals surface area contributed by atoms with Gasteiger partial charge in [-0.2, -0.15) is 0 Å². The molecule has 2 aromatic rings. The Morgan fingerprint density at radius 1 is 1.12 bits per heavy atom. The van der Waals surface area contributed by atoms with Gasteiger partial charge in [0.05, 0.1) is 12.6 Å². The summed E-state index contributed by atoms with van der Waals surface area (Å²) in [7, 11) is 1.36. The number of amides is 1. The predicted octanol–water partition coefficient (Wildman–Crippen LogP) is 5.02. The van der Waals surface area contributed by atoms with Crippen LogP contribution in [0, 0.1) is 23.7 Å². The highest BCUT2D eigenvalue weighted by Gasteiger charge is 2.52. The van der Waals surface area contributed by atoms with Crippen molar-refractivity contribution in [2.24, 2.45) is 23.7 Å². The fourth-order valence-electron chi connectivity index (χ4n) is 7.18. The highest BCUT2D eigenvalue weighted by Crippen LogP contribution is 2.61. The van der Waals surface area contributed by atoms with Crippen LogP contribution in [0.15, 0.2) is 30.3 Å². The fourth-order valence-corrected chi connectivity index (χ4v) is 7.18. The molecule has 4 bridgehead atoms. The Morgan fingerprint density at radius 2 is 1.75 bits per heavy atom. The van der Waals surface area contributed by atoms with E-state index in [-0.39, 0.29) is 17.2 Å². The quantitative estimate of drug-likeness (QED) is 0.648. The number of pyridine rings is 1. The molecule has 5 heteroatoms. The van der Waals surface area contributed by atoms with E-state index in [0.29, 0.717) is 5.69 Å². The van der Waals surface area contributed by atoms with Crippen LogP contribution >= 0.6 is 0 Å². The third-order valence-corrected chi connectivity index (χ3v) is 8.51. The number of rotatable bonds is 6. The van der Waals surface area contributed by atoms with Crippen LogP contribution in [0.4, 0.5) is 0 Å². The summed E-state index contributed by atoms with van der Waals surface area (Å²) in [4.78, 5) is 30.4. The Morgan fingerprint density at radius 3 is 2.34 bits per heavy atom. The highest BCUT2D eigenvalue weighted by molar-refractivity contribution is 5.98. The van der Waals surface area contributed by atoms with Crippen LogP contribution in [0.5, 0.6) is 0 Å². The highest BCUT2D eigenvalue weighted by atomic mass is 16.5. The van der Waals surface area contributed by atoms with E-state index in [4.69, 9.17) is 9.72 Å². The Hall–Kier alpha value is -2.43. The molecule has 0 aliphatic heterocycles. The number of fused-ring (bicyclic) bond motifs is 1. The molecule has 4 fully saturated rings. The lowest BCUT2D eigenvalue weighted by atomic mass is 9.48. The third-order valence-electron chi connectivity index (χ3n) is 8.51. The summed E-state index contributed by atoms with van der Waals surface area (Å²) in [6.07, 6.45) is 8.59. The summed E-state index contributed by atoms with van der Waals surface area (Å²) in [5.74, 6) is 1.74. The van der Waals surface area contributed by atoms with Crippen molar-refractivity contribution in [1.82, 2.24) is 10.3 Å². The lowest BCUT2D eigenvalue weighted by Gasteiger charge is -2.57. The number of carbonyl (C=O) groups excluding carboxylic acids is 2. The third kappa shape index (κ3) is 3.60. The zero-order chi connectivity index (χ0) is 22.5. The van der Waals surface area contributed by atoms with Crippen molar-refractivity contribution in [3.05, 3.63) is 41.6 Å². The number of carbonyl (C=O) groups is 2. The summed E-state index contributed by atoms with van der Waals surface area (Å²) >= 11 is 0. The number of nitrogens with zero attached hydrogens (tertiary/aromatic N) is 1. The van der Waals surface area contributed by atoms with Gasteiger partial charge in [-0.25, -0.2) is 9.78 Å². The fraction of sp³-hybridized carbons (Fsp3) is 0.593. The van der Waals surface area contributed by atoms with Crippen molar-refractivity contribution >= 4 is 22.8 Å². The maximum absolute atomic E-state index is 13.3. The average Bonchev–Trinajstić information content (AvgIpc) is 2.79. The molecule has 0 radical (unpaired) electrons. The maximum atomic E-state index is 13.3. The van der Waals surface area contributed by atoms with Crippen LogP contribution in [-0.4, -0.2) is 30.0 Å². The first-order valence-corrected chi connectivity index (χ1v) is 12.2. The zero-order valence-electron chi connectivity index (χ0n) is 19.4. The molecule has 1 N–H and O–H groups in total. The number of hydrogen-bond donors (Lipinski definition) is 1. The minimum Gasteiger partial charge on any atom is -0.467 e. The molecule has 5 nitrogen and oxygen atoms in total. The van der Waals surface area contributed by atoms with Crippen molar-refractivity contribution in [3.8, 4) is 0 Å². The molecule has 0 spiro atoms. The van der Waals surface area contributed by atoms with Crippen molar-refractivity contribution in [2.75, 3.05) is 7.11 Å². The monoisotopic (exact) mass is 434 g/mol. The van der Waals surface area contributed by atoms with E-state index in [2.05, 4.69) is 17.4 Å². The summed E-state index contributed by atoms with van der Waals surface area (Å²) in [6, 6.07) is 9.59. The standard InChI is InChI=1S/C27H34N2O3/c1-4-16(2)24(26(31)32-3)29-25(30)23-12-21(20-7-5-6-8-22(20)28-23)27-13-17-9-18(14-27)11-19(10-17)15-27/h5-8,12,16-19,24H,4,9-11,13-15H2,1-3H3,(H,29,30)/t16?,17?,18?,19?,24-,27?/m0/s1. The molecule has 170 valence electrons. The number of hydrogen-bond acceptors (Lipinski definition) is 4. The van der Waals surface area contributed by atoms with Crippen LogP contribution in [0.2, 0.25) is 0 Å². The SMILES string of the molecule is CCC(C)[C@H](NC(=O)c1cc(C23CC4CC(CC(C4)C2)C3)c2ccccc2n1)C(=O)OC. The molecule has 1 aromatic carbocycles. The van der Waals surface area contributed by atoms with Crippen molar-refractivity contribution in [2.45, 2.75) is 70.3 Å². The second kappa shape index (κ2) is 8.17. The topological polar surface area (TPSA) is 68.3 Å². The summed E-state index contributed by atoms with van der Waals surface area (Å²) in [6.45, 7) is 3.96. The molecule has 4 aliphatic carbocycles. The molecule has 4 aliphatic rings. The predicted molar refractivity (Wildman–Crippen MR) is 124 cm³/mol.